The molecule has 1 saturated heterocycles. The molecule has 3 aromatic rings. The third kappa shape index (κ3) is 5.17. The van der Waals surface area contributed by atoms with Crippen LogP contribution in [0.25, 0.3) is 5.76 Å². The van der Waals surface area contributed by atoms with Crippen LogP contribution in [0.4, 0.5) is 5.69 Å². The van der Waals surface area contributed by atoms with E-state index in [0.717, 1.165) is 12.0 Å². The van der Waals surface area contributed by atoms with Crippen LogP contribution in [0, 0.1) is 0 Å². The molecule has 39 heavy (non-hydrogen) atoms. The lowest BCUT2D eigenvalue weighted by Crippen LogP contribution is -2.29. The fourth-order valence-electron chi connectivity index (χ4n) is 4.59. The SMILES string of the molecule is CCc1ccc(C2/C(=C(\O)c3cc(Cl)c(OC)c(Cl)c3OC)C(=O)C(=O)N2c2ccc(CC(=O)O)cc2)cc1. The van der Waals surface area contributed by atoms with Crippen LogP contribution in [0.1, 0.15) is 35.2 Å². The Hall–Kier alpha value is -4.01. The van der Waals surface area contributed by atoms with E-state index in [0.29, 0.717) is 16.8 Å². The topological polar surface area (TPSA) is 113 Å². The fourth-order valence-corrected chi connectivity index (χ4v) is 5.28. The molecule has 1 heterocycles. The second kappa shape index (κ2) is 11.4. The lowest BCUT2D eigenvalue weighted by molar-refractivity contribution is -0.136. The molecule has 8 nitrogen and oxygen atoms in total. The van der Waals surface area contributed by atoms with Crippen LogP contribution in [-0.2, 0) is 27.2 Å². The van der Waals surface area contributed by atoms with Crippen molar-refractivity contribution >= 4 is 52.3 Å². The first-order valence-electron chi connectivity index (χ1n) is 11.9. The highest BCUT2D eigenvalue weighted by Crippen LogP contribution is 2.48. The van der Waals surface area contributed by atoms with Crippen molar-refractivity contribution in [3.8, 4) is 11.5 Å². The summed E-state index contributed by atoms with van der Waals surface area (Å²) in [4.78, 5) is 39.3. The molecule has 1 aliphatic rings. The van der Waals surface area contributed by atoms with E-state index in [1.54, 1.807) is 36.4 Å². The Morgan fingerprint density at radius 1 is 0.923 bits per heavy atom. The standard InChI is InChI=1S/C29H25Cl2NO7/c1-4-15-5-9-17(10-6-15)24-22(25(35)19-14-20(30)28(39-3)23(31)27(19)38-2)26(36)29(37)32(24)18-11-7-16(8-12-18)13-21(33)34/h5-12,14,24,35H,4,13H2,1-3H3,(H,33,34)/b25-22+. The van der Waals surface area contributed by atoms with Gasteiger partial charge < -0.3 is 19.7 Å². The summed E-state index contributed by atoms with van der Waals surface area (Å²) in [5, 5.41) is 20.7. The molecule has 202 valence electrons. The summed E-state index contributed by atoms with van der Waals surface area (Å²) in [6, 6.07) is 14.0. The predicted octanol–water partition coefficient (Wildman–Crippen LogP) is 5.83. The van der Waals surface area contributed by atoms with Gasteiger partial charge in [-0.3, -0.25) is 19.3 Å². The molecule has 0 spiro atoms. The van der Waals surface area contributed by atoms with E-state index in [-0.39, 0.29) is 39.1 Å². The number of hydrogen-bond donors (Lipinski definition) is 2. The number of hydrogen-bond acceptors (Lipinski definition) is 6. The zero-order valence-corrected chi connectivity index (χ0v) is 22.8. The lowest BCUT2D eigenvalue weighted by atomic mass is 9.94. The molecule has 0 aromatic heterocycles. The molecule has 0 aliphatic carbocycles. The zero-order valence-electron chi connectivity index (χ0n) is 21.3. The predicted molar refractivity (Wildman–Crippen MR) is 148 cm³/mol. The Bertz CT molecular complexity index is 1480. The van der Waals surface area contributed by atoms with Crippen molar-refractivity contribution in [2.75, 3.05) is 19.1 Å². The molecule has 4 rings (SSSR count). The molecule has 1 unspecified atom stereocenters. The Kier molecular flexibility index (Phi) is 8.18. The monoisotopic (exact) mass is 569 g/mol. The number of anilines is 1. The summed E-state index contributed by atoms with van der Waals surface area (Å²) in [5.41, 5.74) is 2.33. The summed E-state index contributed by atoms with van der Waals surface area (Å²) in [5.74, 6) is -3.16. The number of aryl methyl sites for hydroxylation is 1. The number of carboxylic acid groups (broad SMARTS) is 1. The number of methoxy groups -OCH3 is 2. The number of Topliss-reactive ketones (excluding diaryl/α,β-unsaturated/α-hetero) is 1. The lowest BCUT2D eigenvalue weighted by Gasteiger charge is -2.26. The summed E-state index contributed by atoms with van der Waals surface area (Å²) in [7, 11) is 2.71. The van der Waals surface area contributed by atoms with E-state index in [1.165, 1.54) is 25.2 Å². The number of aliphatic carboxylic acids is 1. The maximum absolute atomic E-state index is 13.5. The number of carbonyl (C=O) groups is 3. The molecule has 10 heteroatoms. The van der Waals surface area contributed by atoms with E-state index in [4.69, 9.17) is 37.8 Å². The van der Waals surface area contributed by atoms with Gasteiger partial charge in [-0.15, -0.1) is 0 Å². The average molecular weight is 570 g/mol. The van der Waals surface area contributed by atoms with Gasteiger partial charge in [-0.2, -0.15) is 0 Å². The number of carbonyl (C=O) groups excluding carboxylic acids is 2. The van der Waals surface area contributed by atoms with Gasteiger partial charge in [0.15, 0.2) is 11.5 Å². The van der Waals surface area contributed by atoms with Gasteiger partial charge in [-0.25, -0.2) is 0 Å². The Morgan fingerprint density at radius 3 is 2.05 bits per heavy atom. The van der Waals surface area contributed by atoms with Crippen molar-refractivity contribution in [1.29, 1.82) is 0 Å². The van der Waals surface area contributed by atoms with E-state index < -0.39 is 29.5 Å². The summed E-state index contributed by atoms with van der Waals surface area (Å²) in [6.07, 6.45) is 0.589. The number of amides is 1. The highest BCUT2D eigenvalue weighted by Gasteiger charge is 2.47. The van der Waals surface area contributed by atoms with Crippen LogP contribution in [0.2, 0.25) is 10.0 Å². The first-order valence-corrected chi connectivity index (χ1v) is 12.7. The third-order valence-corrected chi connectivity index (χ3v) is 7.14. The number of rotatable bonds is 8. The first kappa shape index (κ1) is 28.0. The van der Waals surface area contributed by atoms with Gasteiger partial charge in [-0.05, 0) is 41.3 Å². The van der Waals surface area contributed by atoms with Crippen LogP contribution in [-0.4, -0.2) is 42.1 Å². The van der Waals surface area contributed by atoms with Crippen LogP contribution < -0.4 is 14.4 Å². The third-order valence-electron chi connectivity index (χ3n) is 6.51. The maximum Gasteiger partial charge on any atom is 0.307 e. The van der Waals surface area contributed by atoms with E-state index in [2.05, 4.69) is 0 Å². The molecule has 0 radical (unpaired) electrons. The van der Waals surface area contributed by atoms with Crippen molar-refractivity contribution in [2.45, 2.75) is 25.8 Å². The van der Waals surface area contributed by atoms with Gasteiger partial charge in [0.25, 0.3) is 11.7 Å². The van der Waals surface area contributed by atoms with Gasteiger partial charge in [0.1, 0.15) is 10.8 Å². The van der Waals surface area contributed by atoms with Crippen LogP contribution >= 0.6 is 23.2 Å². The van der Waals surface area contributed by atoms with E-state index >= 15 is 0 Å². The number of ketones is 1. The van der Waals surface area contributed by atoms with Gasteiger partial charge >= 0.3 is 5.97 Å². The minimum absolute atomic E-state index is 0.0123. The molecule has 2 N–H and O–H groups in total. The van der Waals surface area contributed by atoms with Gasteiger partial charge in [0.05, 0.1) is 42.8 Å². The molecular formula is C29H25Cl2NO7. The van der Waals surface area contributed by atoms with Crippen LogP contribution in [0.3, 0.4) is 0 Å². The first-order chi connectivity index (χ1) is 18.6. The Labute approximate surface area is 235 Å². The quantitative estimate of drug-likeness (QED) is 0.199. The molecule has 1 amide bonds. The van der Waals surface area contributed by atoms with Gasteiger partial charge in [0, 0.05) is 5.69 Å². The number of aliphatic hydroxyl groups is 1. The minimum atomic E-state index is -1.01. The van der Waals surface area contributed by atoms with Gasteiger partial charge in [0.2, 0.25) is 0 Å². The fraction of sp³-hybridized carbons (Fsp3) is 0.207. The molecule has 3 aromatic carbocycles. The molecule has 1 fully saturated rings. The second-order valence-electron chi connectivity index (χ2n) is 8.79. The summed E-state index contributed by atoms with van der Waals surface area (Å²) in [6.45, 7) is 2.00. The number of halogens is 2. The van der Waals surface area contributed by atoms with Crippen molar-refractivity contribution in [3.63, 3.8) is 0 Å². The summed E-state index contributed by atoms with van der Waals surface area (Å²) >= 11 is 12.8. The number of benzene rings is 3. The van der Waals surface area contributed by atoms with Crippen molar-refractivity contribution in [2.24, 2.45) is 0 Å². The number of nitrogens with zero attached hydrogens (tertiary/aromatic N) is 1. The number of aliphatic hydroxyl groups excluding tert-OH is 1. The molecule has 1 aliphatic heterocycles. The van der Waals surface area contributed by atoms with Crippen molar-refractivity contribution in [3.05, 3.63) is 92.5 Å². The Morgan fingerprint density at radius 2 is 1.51 bits per heavy atom. The maximum atomic E-state index is 13.5. The zero-order chi connectivity index (χ0) is 28.4. The molecular weight excluding hydrogens is 545 g/mol. The molecule has 0 bridgehead atoms. The minimum Gasteiger partial charge on any atom is -0.507 e. The highest BCUT2D eigenvalue weighted by molar-refractivity contribution is 6.52. The van der Waals surface area contributed by atoms with Crippen LogP contribution in [0.5, 0.6) is 11.5 Å². The normalized spacial score (nSPS) is 16.4. The largest absolute Gasteiger partial charge is 0.507 e. The Balaban J connectivity index is 1.95. The second-order valence-corrected chi connectivity index (χ2v) is 9.57. The van der Waals surface area contributed by atoms with Crippen molar-refractivity contribution < 1.29 is 34.1 Å². The number of ether oxygens (including phenoxy) is 2. The highest BCUT2D eigenvalue weighted by atomic mass is 35.5. The van der Waals surface area contributed by atoms with E-state index in [1.807, 2.05) is 19.1 Å². The van der Waals surface area contributed by atoms with Gasteiger partial charge in [-0.1, -0.05) is 66.5 Å². The average Bonchev–Trinajstić information content (AvgIpc) is 3.18. The van der Waals surface area contributed by atoms with E-state index in [9.17, 15) is 19.5 Å². The number of carboxylic acids is 1. The van der Waals surface area contributed by atoms with Crippen LogP contribution in [0.15, 0.2) is 60.2 Å². The smallest absolute Gasteiger partial charge is 0.307 e. The molecule has 1 atom stereocenters. The van der Waals surface area contributed by atoms with Crippen molar-refractivity contribution in [1.82, 2.24) is 0 Å². The molecule has 0 saturated carbocycles. The summed E-state index contributed by atoms with van der Waals surface area (Å²) < 4.78 is 10.7.